The van der Waals surface area contributed by atoms with Gasteiger partial charge in [-0.1, -0.05) is 61.8 Å². The molecule has 0 bridgehead atoms. The van der Waals surface area contributed by atoms with E-state index in [1.807, 2.05) is 5.32 Å². The average Bonchev–Trinajstić information content (AvgIpc) is 0.863. The molecule has 113 heavy (non-hydrogen) atoms. The zero-order chi connectivity index (χ0) is 86.7. The lowest BCUT2D eigenvalue weighted by molar-refractivity contribution is -0.140. The van der Waals surface area contributed by atoms with E-state index in [0.29, 0.717) is 6.42 Å². The molecule has 0 aromatic carbocycles. The van der Waals surface area contributed by atoms with E-state index in [4.69, 9.17) is 27.4 Å². The van der Waals surface area contributed by atoms with E-state index in [1.165, 1.54) is 34.6 Å². The highest BCUT2D eigenvalue weighted by molar-refractivity contribution is 6.01. The van der Waals surface area contributed by atoms with Gasteiger partial charge in [0, 0.05) is 19.3 Å². The number of aliphatic hydroxyl groups is 2. The highest BCUT2D eigenvalue weighted by Crippen LogP contribution is 2.14. The van der Waals surface area contributed by atoms with Gasteiger partial charge in [0.2, 0.25) is 100 Å². The maximum atomic E-state index is 14.1. The molecular weight excluding hydrogens is 1500 g/mol. The Kier molecular flexibility index (Phi) is 47.5. The summed E-state index contributed by atoms with van der Waals surface area (Å²) in [6, 6.07) is -19.5. The van der Waals surface area contributed by atoms with Crippen molar-refractivity contribution < 1.29 is 131 Å². The van der Waals surface area contributed by atoms with Crippen LogP contribution < -0.4 is 102 Å². The molecule has 0 aromatic rings. The summed E-state index contributed by atoms with van der Waals surface area (Å²) >= 11 is 0. The predicted octanol–water partition coefficient (Wildman–Crippen LogP) is -10.3. The Morgan fingerprint density at radius 3 is 1.16 bits per heavy atom. The molecule has 0 aliphatic rings. The van der Waals surface area contributed by atoms with Crippen LogP contribution in [0, 0.1) is 23.7 Å². The number of carboxylic acids is 4. The molecule has 0 unspecified atom stereocenters. The zero-order valence-electron chi connectivity index (χ0n) is 64.7. The Labute approximate surface area is 650 Å². The van der Waals surface area contributed by atoms with E-state index in [0.717, 1.165) is 6.92 Å². The number of rotatable bonds is 56. The lowest BCUT2D eigenvalue weighted by Gasteiger charge is -2.29. The molecule has 0 aromatic heterocycles. The van der Waals surface area contributed by atoms with E-state index in [1.54, 1.807) is 27.7 Å². The fraction of sp³-hybridized carbons (Fsp3) is 0.687. The van der Waals surface area contributed by atoms with E-state index in [2.05, 4.69) is 79.8 Å². The fourth-order valence-corrected chi connectivity index (χ4v) is 10.1. The standard InChI is InChI=1S/C67H113N19O27/c1-11-33(8)54(64(110)74-25-45(91)71-24-44(90)72-28-51(100)101)85-62(108)41(22-30(2)3)78-47(93)27-75-65(111)55(35(10)88)86-63(109)42(29-87)82-66(112)52(31(4)5)84-67(113)53(32(6)7)83-56(102)34(9)76-58(104)37(14-12-13-21-68)79-60(106)39(16-19-48(94)95)81-61(107)40(17-20-49(96)97)80-59(105)38(15-18-43(70)89)77-46(92)26-73-57(103)36(69)23-50(98)99/h30-42,52-55,87-88H,11-29,68-69H2,1-10H3,(H2,70,89)(H,71,91)(H,72,90)(H,73,103)(H,74,110)(H,75,111)(H,76,104)(H,77,92)(H,78,93)(H,79,106)(H,80,105)(H,81,107)(H,82,112)(H,83,102)(H,84,113)(H,85,108)(H,86,109)(H,94,95)(H,96,97)(H,98,99)(H,100,101)/t33-,34-,35+,36-,37-,38-,39-,40-,41-,42-,52-,53-,54-,55-/m0/s1. The van der Waals surface area contributed by atoms with Gasteiger partial charge in [-0.2, -0.15) is 0 Å². The first-order chi connectivity index (χ1) is 52.7. The molecule has 28 N–H and O–H groups in total. The molecule has 17 amide bonds. The van der Waals surface area contributed by atoms with E-state index in [9.17, 15) is 121 Å². The maximum Gasteiger partial charge on any atom is 0.322 e. The van der Waals surface area contributed by atoms with Gasteiger partial charge in [0.15, 0.2) is 0 Å². The third kappa shape index (κ3) is 41.5. The summed E-state index contributed by atoms with van der Waals surface area (Å²) in [6.07, 6.45) is -6.13. The molecule has 0 saturated carbocycles. The van der Waals surface area contributed by atoms with Crippen molar-refractivity contribution in [2.75, 3.05) is 45.9 Å². The van der Waals surface area contributed by atoms with Crippen molar-refractivity contribution in [3.05, 3.63) is 0 Å². The SMILES string of the molecule is CC[C@H](C)[C@H](NC(=O)[C@H](CC(C)C)NC(=O)CNC(=O)[C@@H](NC(=O)[C@H](CO)NC(=O)[C@@H](NC(=O)[C@@H](NC(=O)[C@H](C)NC(=O)[C@H](CCCCN)NC(=O)[C@H](CCC(=O)O)NC(=O)[C@H](CCC(=O)O)NC(=O)[C@H](CCC(N)=O)NC(=O)CNC(=O)[C@@H](N)CC(=O)O)C(C)C)C(C)C)[C@@H](C)O)C(=O)NCC(=O)NCC(=O)NCC(=O)O. The van der Waals surface area contributed by atoms with Crippen LogP contribution in [0.1, 0.15) is 146 Å². The highest BCUT2D eigenvalue weighted by Gasteiger charge is 2.38. The van der Waals surface area contributed by atoms with Crippen LogP contribution in [0.25, 0.3) is 0 Å². The molecule has 14 atom stereocenters. The Balaban J connectivity index is 6.45. The number of carbonyl (C=O) groups excluding carboxylic acids is 17. The molecule has 0 aliphatic heterocycles. The second-order valence-electron chi connectivity index (χ2n) is 27.5. The van der Waals surface area contributed by atoms with Crippen LogP contribution in [0.2, 0.25) is 0 Å². The average molecular weight is 1620 g/mol. The van der Waals surface area contributed by atoms with Gasteiger partial charge in [0.25, 0.3) is 0 Å². The largest absolute Gasteiger partial charge is 0.481 e. The monoisotopic (exact) mass is 1620 g/mol. The molecule has 46 nitrogen and oxygen atoms in total. The third-order valence-electron chi connectivity index (χ3n) is 16.6. The Morgan fingerprint density at radius 2 is 0.726 bits per heavy atom. The van der Waals surface area contributed by atoms with Crippen molar-refractivity contribution in [3.8, 4) is 0 Å². The minimum absolute atomic E-state index is 0.00115. The van der Waals surface area contributed by atoms with E-state index < -0.39 is 305 Å². The first kappa shape index (κ1) is 102. The molecule has 0 fully saturated rings. The second kappa shape index (κ2) is 52.8. The Bertz CT molecular complexity index is 3340. The Hall–Kier alpha value is -11.3. The van der Waals surface area contributed by atoms with Crippen molar-refractivity contribution in [1.82, 2.24) is 85.1 Å². The van der Waals surface area contributed by atoms with Crippen LogP contribution in [0.5, 0.6) is 0 Å². The molecular formula is C67H113N19O27. The summed E-state index contributed by atoms with van der Waals surface area (Å²) in [5, 5.41) is 94.5. The molecule has 0 aliphatic carbocycles. The number of carboxylic acid groups (broad SMARTS) is 4. The van der Waals surface area contributed by atoms with Crippen molar-refractivity contribution in [2.45, 2.75) is 225 Å². The van der Waals surface area contributed by atoms with Crippen LogP contribution >= 0.6 is 0 Å². The number of hydrogen-bond acceptors (Lipinski definition) is 25. The molecule has 0 heterocycles. The number of carbonyl (C=O) groups is 21. The molecule has 46 heteroatoms. The summed E-state index contributed by atoms with van der Waals surface area (Å²) in [5.41, 5.74) is 16.4. The van der Waals surface area contributed by atoms with E-state index in [-0.39, 0.29) is 38.1 Å². The number of unbranched alkanes of at least 4 members (excludes halogenated alkanes) is 1. The van der Waals surface area contributed by atoms with Gasteiger partial charge >= 0.3 is 23.9 Å². The van der Waals surface area contributed by atoms with Gasteiger partial charge in [-0.3, -0.25) is 101 Å². The van der Waals surface area contributed by atoms with Crippen molar-refractivity contribution in [3.63, 3.8) is 0 Å². The topological polar surface area (TPSA) is 750 Å². The van der Waals surface area contributed by atoms with Crippen molar-refractivity contribution in [2.24, 2.45) is 40.9 Å². The summed E-state index contributed by atoms with van der Waals surface area (Å²) in [5.74, 6) is -25.8. The lowest BCUT2D eigenvalue weighted by Crippen LogP contribution is -2.62. The quantitative estimate of drug-likeness (QED) is 0.0251. The van der Waals surface area contributed by atoms with Crippen LogP contribution in [0.3, 0.4) is 0 Å². The number of amides is 17. The lowest BCUT2D eigenvalue weighted by atomic mass is 9.96. The number of aliphatic hydroxyl groups excluding tert-OH is 2. The summed E-state index contributed by atoms with van der Waals surface area (Å²) < 4.78 is 0. The number of hydrogen-bond donors (Lipinski definition) is 25. The fourth-order valence-electron chi connectivity index (χ4n) is 10.1. The minimum Gasteiger partial charge on any atom is -0.481 e. The predicted molar refractivity (Wildman–Crippen MR) is 392 cm³/mol. The van der Waals surface area contributed by atoms with Crippen LogP contribution in [0.15, 0.2) is 0 Å². The molecule has 0 rings (SSSR count). The van der Waals surface area contributed by atoms with Crippen molar-refractivity contribution >= 4 is 124 Å². The number of nitrogens with two attached hydrogens (primary N) is 3. The maximum absolute atomic E-state index is 14.1. The van der Waals surface area contributed by atoms with Crippen LogP contribution in [0.4, 0.5) is 0 Å². The number of nitrogens with one attached hydrogen (secondary N) is 16. The molecule has 638 valence electrons. The van der Waals surface area contributed by atoms with Gasteiger partial charge in [0.05, 0.1) is 51.4 Å². The minimum atomic E-state index is -1.89. The first-order valence-corrected chi connectivity index (χ1v) is 36.3. The van der Waals surface area contributed by atoms with Gasteiger partial charge < -0.3 is 133 Å². The number of aliphatic carboxylic acids is 4. The third-order valence-corrected chi connectivity index (χ3v) is 16.6. The zero-order valence-corrected chi connectivity index (χ0v) is 64.7. The summed E-state index contributed by atoms with van der Waals surface area (Å²) in [6.45, 7) is 10.2. The smallest absolute Gasteiger partial charge is 0.322 e. The van der Waals surface area contributed by atoms with Crippen LogP contribution in [-0.4, -0.2) is 279 Å². The normalized spacial score (nSPS) is 14.7. The molecule has 0 spiro atoms. The van der Waals surface area contributed by atoms with Gasteiger partial charge in [0.1, 0.15) is 73.0 Å². The van der Waals surface area contributed by atoms with Crippen LogP contribution in [-0.2, 0) is 101 Å². The van der Waals surface area contributed by atoms with Gasteiger partial charge in [-0.15, -0.1) is 0 Å². The Morgan fingerprint density at radius 1 is 0.354 bits per heavy atom. The summed E-state index contributed by atoms with van der Waals surface area (Å²) in [7, 11) is 0. The second-order valence-corrected chi connectivity index (χ2v) is 27.5. The van der Waals surface area contributed by atoms with Crippen molar-refractivity contribution in [1.29, 1.82) is 0 Å². The summed E-state index contributed by atoms with van der Waals surface area (Å²) in [4.78, 5) is 271. The number of primary amides is 1. The molecule has 0 radical (unpaired) electrons. The van der Waals surface area contributed by atoms with Gasteiger partial charge in [-0.05, 0) is 89.0 Å². The first-order valence-electron chi connectivity index (χ1n) is 36.3. The highest BCUT2D eigenvalue weighted by atomic mass is 16.4. The molecule has 0 saturated heterocycles. The van der Waals surface area contributed by atoms with E-state index >= 15 is 0 Å². The van der Waals surface area contributed by atoms with Gasteiger partial charge in [-0.25, -0.2) is 0 Å².